The van der Waals surface area contributed by atoms with Gasteiger partial charge in [-0.1, -0.05) is 13.8 Å². The van der Waals surface area contributed by atoms with E-state index < -0.39 is 12.1 Å². The van der Waals surface area contributed by atoms with Gasteiger partial charge in [-0.25, -0.2) is 0 Å². The number of nitrogens with one attached hydrogen (secondary N) is 1. The first-order valence-electron chi connectivity index (χ1n) is 7.18. The molecule has 1 fully saturated rings. The molecule has 19 heavy (non-hydrogen) atoms. The molecule has 1 N–H and O–H groups in total. The fourth-order valence-electron chi connectivity index (χ4n) is 2.93. The molecule has 1 aliphatic carbocycles. The Morgan fingerprint density at radius 1 is 1.11 bits per heavy atom. The van der Waals surface area contributed by atoms with Crippen molar-refractivity contribution in [2.24, 2.45) is 11.8 Å². The first-order chi connectivity index (χ1) is 8.71. The fourth-order valence-corrected chi connectivity index (χ4v) is 2.93. The van der Waals surface area contributed by atoms with E-state index >= 15 is 0 Å². The maximum Gasteiger partial charge on any atom is 0.391 e. The summed E-state index contributed by atoms with van der Waals surface area (Å²) in [5.74, 6) is -0.547. The van der Waals surface area contributed by atoms with E-state index in [1.165, 1.54) is 0 Å². The molecule has 114 valence electrons. The number of alkyl halides is 3. The summed E-state index contributed by atoms with van der Waals surface area (Å²) >= 11 is 0. The Bertz CT molecular complexity index is 248. The molecule has 0 radical (unpaired) electrons. The van der Waals surface area contributed by atoms with Gasteiger partial charge in [-0.3, -0.25) is 0 Å². The predicted octanol–water partition coefficient (Wildman–Crippen LogP) is 3.28. The van der Waals surface area contributed by atoms with Crippen LogP contribution in [0.1, 0.15) is 39.5 Å². The van der Waals surface area contributed by atoms with E-state index in [4.69, 9.17) is 0 Å². The molecule has 0 heterocycles. The maximum atomic E-state index is 12.6. The molecule has 0 aliphatic heterocycles. The molecule has 1 atom stereocenters. The topological polar surface area (TPSA) is 15.3 Å². The van der Waals surface area contributed by atoms with Gasteiger partial charge in [0, 0.05) is 18.6 Å². The lowest BCUT2D eigenvalue weighted by molar-refractivity contribution is -0.182. The van der Waals surface area contributed by atoms with Gasteiger partial charge in [0.25, 0.3) is 0 Å². The van der Waals surface area contributed by atoms with Crippen LogP contribution in [-0.4, -0.2) is 43.8 Å². The minimum absolute atomic E-state index is 0.250. The van der Waals surface area contributed by atoms with Crippen LogP contribution in [0.2, 0.25) is 0 Å². The average Bonchev–Trinajstić information content (AvgIpc) is 2.27. The van der Waals surface area contributed by atoms with Crippen molar-refractivity contribution in [1.29, 1.82) is 0 Å². The molecule has 5 heteroatoms. The van der Waals surface area contributed by atoms with Crippen LogP contribution in [0, 0.1) is 11.8 Å². The summed E-state index contributed by atoms with van der Waals surface area (Å²) in [4.78, 5) is 2.18. The largest absolute Gasteiger partial charge is 0.391 e. The van der Waals surface area contributed by atoms with Gasteiger partial charge >= 0.3 is 6.18 Å². The molecule has 0 bridgehead atoms. The number of hydrogen-bond donors (Lipinski definition) is 1. The Kier molecular flexibility index (Phi) is 6.12. The van der Waals surface area contributed by atoms with Crippen molar-refractivity contribution in [2.45, 2.75) is 57.8 Å². The van der Waals surface area contributed by atoms with Crippen molar-refractivity contribution in [3.63, 3.8) is 0 Å². The Morgan fingerprint density at radius 3 is 2.00 bits per heavy atom. The lowest BCUT2D eigenvalue weighted by Crippen LogP contribution is -2.46. The minimum Gasteiger partial charge on any atom is -0.312 e. The van der Waals surface area contributed by atoms with E-state index in [-0.39, 0.29) is 18.9 Å². The van der Waals surface area contributed by atoms with E-state index in [1.807, 2.05) is 14.1 Å². The molecule has 0 saturated heterocycles. The summed E-state index contributed by atoms with van der Waals surface area (Å²) in [7, 11) is 4.10. The molecule has 0 aromatic carbocycles. The normalized spacial score (nSPS) is 27.0. The number of rotatable bonds is 5. The number of nitrogens with zero attached hydrogens (tertiary/aromatic N) is 1. The van der Waals surface area contributed by atoms with E-state index in [0.29, 0.717) is 24.8 Å². The SMILES string of the molecule is CC(C)C(CNC1CCC(C(F)(F)F)CC1)N(C)C. The van der Waals surface area contributed by atoms with Crippen molar-refractivity contribution in [3.8, 4) is 0 Å². The van der Waals surface area contributed by atoms with E-state index in [2.05, 4.69) is 24.1 Å². The van der Waals surface area contributed by atoms with Crippen LogP contribution < -0.4 is 5.32 Å². The molecule has 1 aliphatic rings. The number of hydrogen-bond acceptors (Lipinski definition) is 2. The van der Waals surface area contributed by atoms with Gasteiger partial charge in [0.15, 0.2) is 0 Å². The fraction of sp³-hybridized carbons (Fsp3) is 1.00. The zero-order valence-corrected chi connectivity index (χ0v) is 12.4. The molecule has 2 nitrogen and oxygen atoms in total. The highest BCUT2D eigenvalue weighted by atomic mass is 19.4. The summed E-state index contributed by atoms with van der Waals surface area (Å²) in [5, 5.41) is 3.45. The standard InChI is InChI=1S/C14H27F3N2/c1-10(2)13(19(3)4)9-18-12-7-5-11(6-8-12)14(15,16)17/h10-13,18H,5-9H2,1-4H3. The van der Waals surface area contributed by atoms with Gasteiger partial charge in [0.05, 0.1) is 5.92 Å². The van der Waals surface area contributed by atoms with Gasteiger partial charge in [-0.2, -0.15) is 13.2 Å². The maximum absolute atomic E-state index is 12.6. The molecular weight excluding hydrogens is 253 g/mol. The Morgan fingerprint density at radius 2 is 1.63 bits per heavy atom. The predicted molar refractivity (Wildman–Crippen MR) is 72.1 cm³/mol. The molecule has 1 unspecified atom stereocenters. The summed E-state index contributed by atoms with van der Waals surface area (Å²) in [6.45, 7) is 5.20. The molecule has 0 spiro atoms. The van der Waals surface area contributed by atoms with Crippen LogP contribution in [0.5, 0.6) is 0 Å². The summed E-state index contributed by atoms with van der Waals surface area (Å²) in [6, 6.07) is 0.681. The monoisotopic (exact) mass is 280 g/mol. The van der Waals surface area contributed by atoms with Gasteiger partial charge in [-0.15, -0.1) is 0 Å². The third-order valence-corrected chi connectivity index (χ3v) is 4.24. The van der Waals surface area contributed by atoms with Gasteiger partial charge < -0.3 is 10.2 Å². The van der Waals surface area contributed by atoms with Crippen LogP contribution in [0.4, 0.5) is 13.2 Å². The van der Waals surface area contributed by atoms with E-state index in [1.54, 1.807) is 0 Å². The summed E-state index contributed by atoms with van der Waals surface area (Å²) < 4.78 is 37.7. The summed E-state index contributed by atoms with van der Waals surface area (Å²) in [6.07, 6.45) is -2.18. The lowest BCUT2D eigenvalue weighted by atomic mass is 9.85. The average molecular weight is 280 g/mol. The molecule has 0 amide bonds. The Labute approximate surface area is 114 Å². The molecule has 1 rings (SSSR count). The zero-order chi connectivity index (χ0) is 14.6. The van der Waals surface area contributed by atoms with Crippen LogP contribution in [-0.2, 0) is 0 Å². The molecule has 0 aromatic heterocycles. The van der Waals surface area contributed by atoms with Crippen molar-refractivity contribution in [1.82, 2.24) is 10.2 Å². The highest BCUT2D eigenvalue weighted by Gasteiger charge is 2.41. The Balaban J connectivity index is 2.33. The lowest BCUT2D eigenvalue weighted by Gasteiger charge is -2.34. The highest BCUT2D eigenvalue weighted by molar-refractivity contribution is 4.83. The second-order valence-electron chi connectivity index (χ2n) is 6.27. The van der Waals surface area contributed by atoms with Crippen molar-refractivity contribution >= 4 is 0 Å². The van der Waals surface area contributed by atoms with Gasteiger partial charge in [-0.05, 0) is 45.7 Å². The van der Waals surface area contributed by atoms with Crippen LogP contribution in [0.25, 0.3) is 0 Å². The van der Waals surface area contributed by atoms with E-state index in [0.717, 1.165) is 6.54 Å². The van der Waals surface area contributed by atoms with Crippen LogP contribution in [0.15, 0.2) is 0 Å². The zero-order valence-electron chi connectivity index (χ0n) is 12.4. The van der Waals surface area contributed by atoms with Gasteiger partial charge in [0.2, 0.25) is 0 Å². The second kappa shape index (κ2) is 6.93. The molecule has 1 saturated carbocycles. The number of halogens is 3. The third kappa shape index (κ3) is 5.30. The molecule has 0 aromatic rings. The first kappa shape index (κ1) is 16.8. The Hall–Kier alpha value is -0.290. The highest BCUT2D eigenvalue weighted by Crippen LogP contribution is 2.37. The summed E-state index contributed by atoms with van der Waals surface area (Å²) in [5.41, 5.74) is 0. The third-order valence-electron chi connectivity index (χ3n) is 4.24. The first-order valence-corrected chi connectivity index (χ1v) is 7.18. The minimum atomic E-state index is -4.00. The van der Waals surface area contributed by atoms with Crippen LogP contribution >= 0.6 is 0 Å². The smallest absolute Gasteiger partial charge is 0.312 e. The second-order valence-corrected chi connectivity index (χ2v) is 6.27. The number of likely N-dealkylation sites (N-methyl/N-ethyl adjacent to an activating group) is 1. The quantitative estimate of drug-likeness (QED) is 0.831. The van der Waals surface area contributed by atoms with E-state index in [9.17, 15) is 13.2 Å². The van der Waals surface area contributed by atoms with Gasteiger partial charge in [0.1, 0.15) is 0 Å². The van der Waals surface area contributed by atoms with Crippen LogP contribution in [0.3, 0.4) is 0 Å². The molecular formula is C14H27F3N2. The van der Waals surface area contributed by atoms with Crippen molar-refractivity contribution in [3.05, 3.63) is 0 Å². The van der Waals surface area contributed by atoms with Crippen molar-refractivity contribution in [2.75, 3.05) is 20.6 Å². The van der Waals surface area contributed by atoms with Crippen molar-refractivity contribution < 1.29 is 13.2 Å².